The Morgan fingerprint density at radius 1 is 1.23 bits per heavy atom. The van der Waals surface area contributed by atoms with Gasteiger partial charge in [0, 0.05) is 25.6 Å². The van der Waals surface area contributed by atoms with E-state index in [9.17, 15) is 9.18 Å². The molecule has 0 saturated carbocycles. The van der Waals surface area contributed by atoms with Gasteiger partial charge in [-0.1, -0.05) is 6.07 Å². The van der Waals surface area contributed by atoms with E-state index < -0.39 is 12.0 Å². The lowest BCUT2D eigenvalue weighted by molar-refractivity contribution is 0.376. The van der Waals surface area contributed by atoms with E-state index in [-0.39, 0.29) is 11.3 Å². The lowest BCUT2D eigenvalue weighted by Gasteiger charge is -2.16. The van der Waals surface area contributed by atoms with Crippen molar-refractivity contribution in [2.24, 2.45) is 0 Å². The summed E-state index contributed by atoms with van der Waals surface area (Å²) in [5.41, 5.74) is 2.02. The van der Waals surface area contributed by atoms with Gasteiger partial charge in [0.2, 0.25) is 5.95 Å². The molecule has 4 rings (SSSR count). The van der Waals surface area contributed by atoms with E-state index >= 15 is 0 Å². The van der Waals surface area contributed by atoms with Crippen LogP contribution in [0.15, 0.2) is 54.0 Å². The van der Waals surface area contributed by atoms with Gasteiger partial charge in [-0.25, -0.2) is 15.0 Å². The second-order valence-corrected chi connectivity index (χ2v) is 6.87. The largest absolute Gasteiger partial charge is 0.492 e. The molecule has 8 nitrogen and oxygen atoms in total. The first-order chi connectivity index (χ1) is 14.5. The number of rotatable bonds is 6. The molecule has 0 spiro atoms. The average Bonchev–Trinajstić information content (AvgIpc) is 3.21. The van der Waals surface area contributed by atoms with Crippen LogP contribution in [0.5, 0.6) is 5.75 Å². The Morgan fingerprint density at radius 2 is 2.07 bits per heavy atom. The molecule has 1 atom stereocenters. The fraction of sp³-hybridized carbons (Fsp3) is 0.238. The maximum atomic E-state index is 13.6. The first-order valence-corrected chi connectivity index (χ1v) is 9.40. The predicted octanol–water partition coefficient (Wildman–Crippen LogP) is 2.84. The van der Waals surface area contributed by atoms with E-state index in [1.165, 1.54) is 24.2 Å². The van der Waals surface area contributed by atoms with E-state index in [1.54, 1.807) is 12.3 Å². The number of hydrogen-bond donors (Lipinski definition) is 1. The van der Waals surface area contributed by atoms with Gasteiger partial charge in [-0.2, -0.15) is 4.39 Å². The van der Waals surface area contributed by atoms with Crippen molar-refractivity contribution in [2.45, 2.75) is 19.5 Å². The van der Waals surface area contributed by atoms with Crippen LogP contribution in [0.2, 0.25) is 0 Å². The van der Waals surface area contributed by atoms with Gasteiger partial charge in [0.1, 0.15) is 0 Å². The number of nitrogens with one attached hydrogen (secondary N) is 1. The smallest absolute Gasteiger partial charge is 0.261 e. The summed E-state index contributed by atoms with van der Waals surface area (Å²) in [6, 6.07) is 6.76. The zero-order valence-corrected chi connectivity index (χ0v) is 16.8. The maximum absolute atomic E-state index is 13.6. The number of pyridine rings is 1. The third-order valence-electron chi connectivity index (χ3n) is 5.09. The number of fused-ring (bicyclic) bond motifs is 1. The van der Waals surface area contributed by atoms with Crippen molar-refractivity contribution in [3.05, 3.63) is 76.6 Å². The molecule has 0 bridgehead atoms. The SMILES string of the molecule is CNc1nccn1Cc1ccc2ncn(C(C)c3cnc(F)c(OC)c3)c(=O)c2c1. The molecular weight excluding hydrogens is 387 g/mol. The van der Waals surface area contributed by atoms with Crippen LogP contribution < -0.4 is 15.6 Å². The topological polar surface area (TPSA) is 86.9 Å². The Balaban J connectivity index is 1.73. The van der Waals surface area contributed by atoms with Crippen LogP contribution in [0, 0.1) is 5.95 Å². The Bertz CT molecular complexity index is 1270. The van der Waals surface area contributed by atoms with Crippen LogP contribution in [-0.4, -0.2) is 38.2 Å². The summed E-state index contributed by atoms with van der Waals surface area (Å²) < 4.78 is 22.1. The van der Waals surface area contributed by atoms with Gasteiger partial charge in [0.25, 0.3) is 11.5 Å². The van der Waals surface area contributed by atoms with Gasteiger partial charge >= 0.3 is 0 Å². The standard InChI is InChI=1S/C21H21FN6O2/c1-13(15-9-18(30-3)19(22)25-10-15)28-12-26-17-5-4-14(8-16(17)20(28)29)11-27-7-6-24-21(27)23-2/h4-10,12-13H,11H2,1-3H3,(H,23,24). The second kappa shape index (κ2) is 7.94. The minimum atomic E-state index is -0.692. The molecular formula is C21H21FN6O2. The summed E-state index contributed by atoms with van der Waals surface area (Å²) in [6.07, 6.45) is 6.48. The van der Waals surface area contributed by atoms with Crippen LogP contribution in [0.3, 0.4) is 0 Å². The van der Waals surface area contributed by atoms with E-state index in [4.69, 9.17) is 4.74 Å². The molecule has 1 unspecified atom stereocenters. The van der Waals surface area contributed by atoms with Gasteiger partial charge in [-0.3, -0.25) is 9.36 Å². The normalized spacial score (nSPS) is 12.1. The van der Waals surface area contributed by atoms with Crippen LogP contribution in [0.1, 0.15) is 24.1 Å². The molecule has 154 valence electrons. The first kappa shape index (κ1) is 19.6. The molecule has 0 saturated heterocycles. The molecule has 0 aliphatic heterocycles. The van der Waals surface area contributed by atoms with Gasteiger partial charge in [0.05, 0.1) is 36.9 Å². The number of ether oxygens (including phenoxy) is 1. The average molecular weight is 408 g/mol. The number of methoxy groups -OCH3 is 1. The van der Waals surface area contributed by atoms with Crippen molar-refractivity contribution in [3.8, 4) is 5.75 Å². The molecule has 0 amide bonds. The van der Waals surface area contributed by atoms with Crippen molar-refractivity contribution in [1.29, 1.82) is 0 Å². The molecule has 0 aliphatic carbocycles. The molecule has 3 aromatic heterocycles. The van der Waals surface area contributed by atoms with E-state index in [0.717, 1.165) is 11.5 Å². The van der Waals surface area contributed by atoms with Gasteiger partial charge < -0.3 is 14.6 Å². The number of halogens is 1. The van der Waals surface area contributed by atoms with Crippen LogP contribution in [0.4, 0.5) is 10.3 Å². The first-order valence-electron chi connectivity index (χ1n) is 9.40. The summed E-state index contributed by atoms with van der Waals surface area (Å²) >= 11 is 0. The number of hydrogen-bond acceptors (Lipinski definition) is 6. The number of aromatic nitrogens is 5. The van der Waals surface area contributed by atoms with Crippen LogP contribution >= 0.6 is 0 Å². The number of imidazole rings is 1. The Labute approximate surface area is 172 Å². The quantitative estimate of drug-likeness (QED) is 0.494. The fourth-order valence-corrected chi connectivity index (χ4v) is 3.39. The third kappa shape index (κ3) is 3.49. The number of benzene rings is 1. The summed E-state index contributed by atoms with van der Waals surface area (Å²) in [6.45, 7) is 2.40. The summed E-state index contributed by atoms with van der Waals surface area (Å²) in [7, 11) is 3.18. The third-order valence-corrected chi connectivity index (χ3v) is 5.09. The van der Waals surface area contributed by atoms with E-state index in [1.807, 2.05) is 42.9 Å². The molecule has 30 heavy (non-hydrogen) atoms. The molecule has 1 N–H and O–H groups in total. The predicted molar refractivity (Wildman–Crippen MR) is 111 cm³/mol. The highest BCUT2D eigenvalue weighted by atomic mass is 19.1. The second-order valence-electron chi connectivity index (χ2n) is 6.87. The Kier molecular flexibility index (Phi) is 5.18. The summed E-state index contributed by atoms with van der Waals surface area (Å²) in [5.74, 6) is 0.0803. The Morgan fingerprint density at radius 3 is 2.83 bits per heavy atom. The molecule has 0 aliphatic rings. The highest BCUT2D eigenvalue weighted by Gasteiger charge is 2.16. The number of nitrogens with zero attached hydrogens (tertiary/aromatic N) is 5. The zero-order chi connectivity index (χ0) is 21.3. The monoisotopic (exact) mass is 408 g/mol. The molecule has 9 heteroatoms. The maximum Gasteiger partial charge on any atom is 0.261 e. The van der Waals surface area contributed by atoms with E-state index in [0.29, 0.717) is 23.0 Å². The molecule has 1 aromatic carbocycles. The van der Waals surface area contributed by atoms with Gasteiger partial charge in [-0.15, -0.1) is 0 Å². The van der Waals surface area contributed by atoms with Crippen molar-refractivity contribution < 1.29 is 9.13 Å². The van der Waals surface area contributed by atoms with Gasteiger partial charge in [0.15, 0.2) is 5.75 Å². The number of anilines is 1. The minimum Gasteiger partial charge on any atom is -0.492 e. The lowest BCUT2D eigenvalue weighted by Crippen LogP contribution is -2.24. The van der Waals surface area contributed by atoms with Crippen LogP contribution in [0.25, 0.3) is 10.9 Å². The zero-order valence-electron chi connectivity index (χ0n) is 16.8. The van der Waals surface area contributed by atoms with Crippen molar-refractivity contribution in [1.82, 2.24) is 24.1 Å². The van der Waals surface area contributed by atoms with Gasteiger partial charge in [-0.05, 0) is 36.2 Å². The summed E-state index contributed by atoms with van der Waals surface area (Å²) in [4.78, 5) is 25.6. The van der Waals surface area contributed by atoms with Crippen molar-refractivity contribution >= 4 is 16.9 Å². The molecule has 3 heterocycles. The highest BCUT2D eigenvalue weighted by Crippen LogP contribution is 2.23. The van der Waals surface area contributed by atoms with Crippen molar-refractivity contribution in [3.63, 3.8) is 0 Å². The molecule has 0 radical (unpaired) electrons. The minimum absolute atomic E-state index is 0.0316. The summed E-state index contributed by atoms with van der Waals surface area (Å²) in [5, 5.41) is 3.54. The van der Waals surface area contributed by atoms with Crippen LogP contribution in [-0.2, 0) is 6.54 Å². The van der Waals surface area contributed by atoms with E-state index in [2.05, 4.69) is 20.3 Å². The molecule has 0 fully saturated rings. The molecule has 4 aromatic rings. The van der Waals surface area contributed by atoms with Crippen molar-refractivity contribution in [2.75, 3.05) is 19.5 Å². The Hall–Kier alpha value is -3.75. The highest BCUT2D eigenvalue weighted by molar-refractivity contribution is 5.78. The lowest BCUT2D eigenvalue weighted by atomic mass is 10.1. The fourth-order valence-electron chi connectivity index (χ4n) is 3.39.